The summed E-state index contributed by atoms with van der Waals surface area (Å²) in [6.45, 7) is 6.65. The Labute approximate surface area is 435 Å². The maximum atomic E-state index is 12.9. The Morgan fingerprint density at radius 3 is 0.814 bits per heavy atom. The third-order valence-corrected chi connectivity index (χ3v) is 13.9. The summed E-state index contributed by atoms with van der Waals surface area (Å²) in [6, 6.07) is 0. The monoisotopic (exact) mass is 983 g/mol. The zero-order valence-corrected chi connectivity index (χ0v) is 47.1. The summed E-state index contributed by atoms with van der Waals surface area (Å²) < 4.78 is 16.9. The van der Waals surface area contributed by atoms with Crippen LogP contribution in [0.1, 0.15) is 335 Å². The van der Waals surface area contributed by atoms with Crippen LogP contribution in [0, 0.1) is 0 Å². The molecular weight excluding hydrogens is 865 g/mol. The standard InChI is InChI=1S/C64H118O6/c1-4-7-10-13-16-19-22-25-27-29-31-32-33-35-36-39-42-45-48-51-54-57-63(66)69-60-61(59-68-62(65)56-53-50-47-44-41-38-24-21-18-15-12-9-6-3)70-64(67)58-55-52-49-46-43-40-37-34-30-28-26-23-20-17-14-11-8-5-2/h20-21,23-24,28,30,61H,4-19,22,25-27,29,31-60H2,1-3H3/b23-20-,24-21-,30-28-. The number of allylic oxidation sites excluding steroid dienone is 6. The molecule has 0 aliphatic heterocycles. The molecule has 6 heteroatoms. The molecule has 0 aromatic heterocycles. The van der Waals surface area contributed by atoms with Gasteiger partial charge in [-0.1, -0.05) is 276 Å². The van der Waals surface area contributed by atoms with E-state index in [1.54, 1.807) is 0 Å². The highest BCUT2D eigenvalue weighted by molar-refractivity contribution is 5.71. The molecular formula is C64H118O6. The molecule has 1 atom stereocenters. The van der Waals surface area contributed by atoms with Gasteiger partial charge in [0.1, 0.15) is 13.2 Å². The van der Waals surface area contributed by atoms with E-state index in [2.05, 4.69) is 57.2 Å². The first kappa shape index (κ1) is 67.6. The molecule has 0 aromatic rings. The lowest BCUT2D eigenvalue weighted by Gasteiger charge is -2.18. The van der Waals surface area contributed by atoms with Crippen molar-refractivity contribution in [2.45, 2.75) is 341 Å². The molecule has 0 spiro atoms. The zero-order chi connectivity index (χ0) is 50.7. The Kier molecular flexibility index (Phi) is 57.2. The van der Waals surface area contributed by atoms with Crippen molar-refractivity contribution in [1.82, 2.24) is 0 Å². The zero-order valence-electron chi connectivity index (χ0n) is 47.1. The predicted octanol–water partition coefficient (Wildman–Crippen LogP) is 20.8. The Balaban J connectivity index is 4.30. The second-order valence-corrected chi connectivity index (χ2v) is 21.0. The van der Waals surface area contributed by atoms with Crippen LogP contribution in [0.4, 0.5) is 0 Å². The van der Waals surface area contributed by atoms with Crippen LogP contribution in [0.25, 0.3) is 0 Å². The van der Waals surface area contributed by atoms with Crippen LogP contribution in [0.3, 0.4) is 0 Å². The van der Waals surface area contributed by atoms with Gasteiger partial charge in [-0.25, -0.2) is 0 Å². The van der Waals surface area contributed by atoms with E-state index in [0.717, 1.165) is 77.0 Å². The van der Waals surface area contributed by atoms with Crippen molar-refractivity contribution < 1.29 is 28.6 Å². The van der Waals surface area contributed by atoms with E-state index in [0.29, 0.717) is 19.3 Å². The lowest BCUT2D eigenvalue weighted by atomic mass is 10.0. The summed E-state index contributed by atoms with van der Waals surface area (Å²) in [4.78, 5) is 38.2. The summed E-state index contributed by atoms with van der Waals surface area (Å²) in [7, 11) is 0. The fourth-order valence-corrected chi connectivity index (χ4v) is 9.18. The van der Waals surface area contributed by atoms with Crippen LogP contribution < -0.4 is 0 Å². The van der Waals surface area contributed by atoms with Crippen LogP contribution >= 0.6 is 0 Å². The van der Waals surface area contributed by atoms with Crippen molar-refractivity contribution in [2.75, 3.05) is 13.2 Å². The number of unbranched alkanes of at least 4 members (excludes halogenated alkanes) is 40. The minimum absolute atomic E-state index is 0.0741. The van der Waals surface area contributed by atoms with Crippen molar-refractivity contribution in [1.29, 1.82) is 0 Å². The average molecular weight is 984 g/mol. The van der Waals surface area contributed by atoms with E-state index in [-0.39, 0.29) is 31.1 Å². The van der Waals surface area contributed by atoms with E-state index >= 15 is 0 Å². The molecule has 0 saturated heterocycles. The number of ether oxygens (including phenoxy) is 3. The molecule has 70 heavy (non-hydrogen) atoms. The van der Waals surface area contributed by atoms with Gasteiger partial charge in [0.2, 0.25) is 0 Å². The van der Waals surface area contributed by atoms with Crippen molar-refractivity contribution >= 4 is 17.9 Å². The second-order valence-electron chi connectivity index (χ2n) is 21.0. The molecule has 0 aromatic carbocycles. The molecule has 410 valence electrons. The normalized spacial score (nSPS) is 12.2. The highest BCUT2D eigenvalue weighted by atomic mass is 16.6. The fraction of sp³-hybridized carbons (Fsp3) is 0.859. The Hall–Kier alpha value is -2.37. The maximum absolute atomic E-state index is 12.9. The molecule has 0 heterocycles. The largest absolute Gasteiger partial charge is 0.462 e. The molecule has 0 N–H and O–H groups in total. The highest BCUT2D eigenvalue weighted by Crippen LogP contribution is 2.17. The van der Waals surface area contributed by atoms with Crippen molar-refractivity contribution in [3.8, 4) is 0 Å². The van der Waals surface area contributed by atoms with Gasteiger partial charge in [-0.2, -0.15) is 0 Å². The van der Waals surface area contributed by atoms with E-state index in [1.165, 1.54) is 218 Å². The topological polar surface area (TPSA) is 78.9 Å². The van der Waals surface area contributed by atoms with Crippen LogP contribution in [-0.2, 0) is 28.6 Å². The van der Waals surface area contributed by atoms with Gasteiger partial charge in [0, 0.05) is 19.3 Å². The Morgan fingerprint density at radius 1 is 0.286 bits per heavy atom. The van der Waals surface area contributed by atoms with Crippen molar-refractivity contribution in [3.63, 3.8) is 0 Å². The van der Waals surface area contributed by atoms with Crippen LogP contribution in [-0.4, -0.2) is 37.2 Å². The molecule has 0 fully saturated rings. The first-order valence-electron chi connectivity index (χ1n) is 31.0. The molecule has 0 radical (unpaired) electrons. The Morgan fingerprint density at radius 2 is 0.514 bits per heavy atom. The minimum Gasteiger partial charge on any atom is -0.462 e. The number of hydrogen-bond donors (Lipinski definition) is 0. The second kappa shape index (κ2) is 59.2. The summed E-state index contributed by atoms with van der Waals surface area (Å²) >= 11 is 0. The van der Waals surface area contributed by atoms with E-state index in [9.17, 15) is 14.4 Å². The van der Waals surface area contributed by atoms with Crippen LogP contribution in [0.5, 0.6) is 0 Å². The molecule has 0 rings (SSSR count). The number of carbonyl (C=O) groups is 3. The summed E-state index contributed by atoms with van der Waals surface area (Å²) in [5, 5.41) is 0. The van der Waals surface area contributed by atoms with Gasteiger partial charge < -0.3 is 14.2 Å². The predicted molar refractivity (Wildman–Crippen MR) is 302 cm³/mol. The number of esters is 3. The van der Waals surface area contributed by atoms with Gasteiger partial charge in [-0.05, 0) is 77.0 Å². The smallest absolute Gasteiger partial charge is 0.306 e. The number of rotatable bonds is 57. The fourth-order valence-electron chi connectivity index (χ4n) is 9.18. The van der Waals surface area contributed by atoms with E-state index in [1.807, 2.05) is 0 Å². The molecule has 6 nitrogen and oxygen atoms in total. The maximum Gasteiger partial charge on any atom is 0.306 e. The van der Waals surface area contributed by atoms with E-state index < -0.39 is 6.10 Å². The molecule has 0 aliphatic carbocycles. The average Bonchev–Trinajstić information content (AvgIpc) is 3.36. The third kappa shape index (κ3) is 56.5. The molecule has 0 aliphatic rings. The van der Waals surface area contributed by atoms with Gasteiger partial charge in [0.15, 0.2) is 6.10 Å². The lowest BCUT2D eigenvalue weighted by Crippen LogP contribution is -2.30. The lowest BCUT2D eigenvalue weighted by molar-refractivity contribution is -0.167. The summed E-state index contributed by atoms with van der Waals surface area (Å²) in [5.74, 6) is -0.870. The van der Waals surface area contributed by atoms with Gasteiger partial charge in [-0.3, -0.25) is 14.4 Å². The SMILES string of the molecule is CCCCCC/C=C\C/C=C\CCCCCCCCCC(=O)OC(COC(=O)CCCCCCC/C=C\CCCCCC)COC(=O)CCCCCCCCCCCCCCCCCCCCCCC. The van der Waals surface area contributed by atoms with Gasteiger partial charge in [0.25, 0.3) is 0 Å². The first-order chi connectivity index (χ1) is 34.5. The number of hydrogen-bond acceptors (Lipinski definition) is 6. The highest BCUT2D eigenvalue weighted by Gasteiger charge is 2.19. The Bertz CT molecular complexity index is 1170. The minimum atomic E-state index is -0.777. The summed E-state index contributed by atoms with van der Waals surface area (Å²) in [5.41, 5.74) is 0. The first-order valence-corrected chi connectivity index (χ1v) is 31.0. The molecule has 0 saturated carbocycles. The van der Waals surface area contributed by atoms with Gasteiger partial charge in [-0.15, -0.1) is 0 Å². The van der Waals surface area contributed by atoms with Crippen LogP contribution in [0.2, 0.25) is 0 Å². The van der Waals surface area contributed by atoms with E-state index in [4.69, 9.17) is 14.2 Å². The van der Waals surface area contributed by atoms with Crippen molar-refractivity contribution in [3.05, 3.63) is 36.5 Å². The molecule has 0 amide bonds. The van der Waals surface area contributed by atoms with Crippen LogP contribution in [0.15, 0.2) is 36.5 Å². The third-order valence-electron chi connectivity index (χ3n) is 13.9. The quantitative estimate of drug-likeness (QED) is 0.0261. The van der Waals surface area contributed by atoms with Gasteiger partial charge >= 0.3 is 17.9 Å². The number of carbonyl (C=O) groups excluding carboxylic acids is 3. The van der Waals surface area contributed by atoms with Crippen molar-refractivity contribution in [2.24, 2.45) is 0 Å². The summed E-state index contributed by atoms with van der Waals surface area (Å²) in [6.07, 6.45) is 71.4. The van der Waals surface area contributed by atoms with Gasteiger partial charge in [0.05, 0.1) is 0 Å². The molecule has 1 unspecified atom stereocenters. The molecule has 0 bridgehead atoms.